The summed E-state index contributed by atoms with van der Waals surface area (Å²) in [5, 5.41) is 5.79. The standard InChI is InChI=1S/C13H18N2O4S/c1-9-12(14-6-7-19-9)13(16)15-10-4-3-5-11(8-10)20(2,17)18/h3-5,8-9,12,14H,6-7H2,1-2H3,(H,15,16)/t9-,12+/m1/s1. The van der Waals surface area contributed by atoms with Crippen LogP contribution in [-0.2, 0) is 19.4 Å². The van der Waals surface area contributed by atoms with Crippen LogP contribution in [0.2, 0.25) is 0 Å². The van der Waals surface area contributed by atoms with Crippen LogP contribution in [0.25, 0.3) is 0 Å². The van der Waals surface area contributed by atoms with Crippen molar-refractivity contribution in [2.45, 2.75) is 24.0 Å². The minimum atomic E-state index is -3.29. The Hall–Kier alpha value is -1.44. The third-order valence-corrected chi connectivity index (χ3v) is 4.24. The van der Waals surface area contributed by atoms with Gasteiger partial charge in [0.25, 0.3) is 0 Å². The van der Waals surface area contributed by atoms with Crippen molar-refractivity contribution in [2.24, 2.45) is 0 Å². The van der Waals surface area contributed by atoms with Gasteiger partial charge in [0, 0.05) is 18.5 Å². The predicted molar refractivity (Wildman–Crippen MR) is 75.4 cm³/mol. The smallest absolute Gasteiger partial charge is 0.244 e. The van der Waals surface area contributed by atoms with Crippen LogP contribution in [0.4, 0.5) is 5.69 Å². The average molecular weight is 298 g/mol. The maximum Gasteiger partial charge on any atom is 0.244 e. The molecule has 1 aliphatic rings. The van der Waals surface area contributed by atoms with E-state index in [-0.39, 0.29) is 16.9 Å². The Balaban J connectivity index is 2.12. The van der Waals surface area contributed by atoms with E-state index >= 15 is 0 Å². The number of anilines is 1. The molecule has 0 radical (unpaired) electrons. The normalized spacial score (nSPS) is 23.3. The van der Waals surface area contributed by atoms with Crippen molar-refractivity contribution >= 4 is 21.4 Å². The number of hydrogen-bond acceptors (Lipinski definition) is 5. The fourth-order valence-corrected chi connectivity index (χ4v) is 2.72. The summed E-state index contributed by atoms with van der Waals surface area (Å²) in [6.45, 7) is 3.02. The Morgan fingerprint density at radius 2 is 2.20 bits per heavy atom. The highest BCUT2D eigenvalue weighted by Gasteiger charge is 2.28. The molecule has 0 bridgehead atoms. The summed E-state index contributed by atoms with van der Waals surface area (Å²) in [6.07, 6.45) is 0.911. The van der Waals surface area contributed by atoms with Crippen LogP contribution in [-0.4, -0.2) is 45.9 Å². The van der Waals surface area contributed by atoms with E-state index in [4.69, 9.17) is 4.74 Å². The van der Waals surface area contributed by atoms with Crippen LogP contribution in [0.3, 0.4) is 0 Å². The number of rotatable bonds is 3. The molecule has 2 atom stereocenters. The SMILES string of the molecule is C[C@H]1OCCN[C@@H]1C(=O)Nc1cccc(S(C)(=O)=O)c1. The Kier molecular flexibility index (Phi) is 4.42. The Bertz CT molecular complexity index is 600. The number of ether oxygens (including phenoxy) is 1. The van der Waals surface area contributed by atoms with Crippen molar-refractivity contribution in [1.29, 1.82) is 0 Å². The molecule has 0 aromatic heterocycles. The second kappa shape index (κ2) is 5.90. The molecular weight excluding hydrogens is 280 g/mol. The lowest BCUT2D eigenvalue weighted by atomic mass is 10.1. The molecule has 1 saturated heterocycles. The minimum Gasteiger partial charge on any atom is -0.375 e. The molecule has 1 aliphatic heterocycles. The third kappa shape index (κ3) is 3.56. The second-order valence-electron chi connectivity index (χ2n) is 4.80. The first-order valence-corrected chi connectivity index (χ1v) is 8.23. The van der Waals surface area contributed by atoms with E-state index in [1.807, 2.05) is 6.92 Å². The first-order valence-electron chi connectivity index (χ1n) is 6.34. The molecule has 1 fully saturated rings. The van der Waals surface area contributed by atoms with Crippen LogP contribution in [0, 0.1) is 0 Å². The average Bonchev–Trinajstić information content (AvgIpc) is 2.38. The quantitative estimate of drug-likeness (QED) is 0.844. The molecule has 0 aliphatic carbocycles. The lowest BCUT2D eigenvalue weighted by Gasteiger charge is -2.29. The monoisotopic (exact) mass is 298 g/mol. The zero-order chi connectivity index (χ0) is 14.8. The molecule has 7 heteroatoms. The first kappa shape index (κ1) is 15.0. The summed E-state index contributed by atoms with van der Waals surface area (Å²) < 4.78 is 28.4. The summed E-state index contributed by atoms with van der Waals surface area (Å²) in [6, 6.07) is 5.75. The summed E-state index contributed by atoms with van der Waals surface area (Å²) in [7, 11) is -3.29. The predicted octanol–water partition coefficient (Wildman–Crippen LogP) is 0.405. The second-order valence-corrected chi connectivity index (χ2v) is 6.81. The number of sulfone groups is 1. The molecule has 1 aromatic carbocycles. The summed E-state index contributed by atoms with van der Waals surface area (Å²) in [5.41, 5.74) is 0.456. The van der Waals surface area contributed by atoms with Crippen LogP contribution in [0.15, 0.2) is 29.2 Å². The molecule has 110 valence electrons. The zero-order valence-corrected chi connectivity index (χ0v) is 12.2. The van der Waals surface area contributed by atoms with Gasteiger partial charge >= 0.3 is 0 Å². The number of amides is 1. The molecule has 1 heterocycles. The van der Waals surface area contributed by atoms with E-state index in [2.05, 4.69) is 10.6 Å². The number of carbonyl (C=O) groups excluding carboxylic acids is 1. The van der Waals surface area contributed by atoms with Gasteiger partial charge in [-0.25, -0.2) is 8.42 Å². The van der Waals surface area contributed by atoms with Gasteiger partial charge in [0.2, 0.25) is 5.91 Å². The molecule has 0 saturated carbocycles. The van der Waals surface area contributed by atoms with E-state index < -0.39 is 15.9 Å². The highest BCUT2D eigenvalue weighted by atomic mass is 32.2. The minimum absolute atomic E-state index is 0.177. The lowest BCUT2D eigenvalue weighted by Crippen LogP contribution is -2.53. The fourth-order valence-electron chi connectivity index (χ4n) is 2.05. The van der Waals surface area contributed by atoms with E-state index in [1.165, 1.54) is 12.1 Å². The third-order valence-electron chi connectivity index (χ3n) is 3.13. The number of morpholine rings is 1. The molecular formula is C13H18N2O4S. The van der Waals surface area contributed by atoms with Crippen molar-refractivity contribution < 1.29 is 17.9 Å². The molecule has 1 amide bonds. The van der Waals surface area contributed by atoms with E-state index in [0.717, 1.165) is 6.26 Å². The van der Waals surface area contributed by atoms with E-state index in [1.54, 1.807) is 12.1 Å². The number of carbonyl (C=O) groups is 1. The molecule has 20 heavy (non-hydrogen) atoms. The van der Waals surface area contributed by atoms with Gasteiger partial charge in [-0.05, 0) is 25.1 Å². The highest BCUT2D eigenvalue weighted by molar-refractivity contribution is 7.90. The molecule has 6 nitrogen and oxygen atoms in total. The maximum atomic E-state index is 12.1. The topological polar surface area (TPSA) is 84.5 Å². The van der Waals surface area contributed by atoms with Crippen molar-refractivity contribution in [2.75, 3.05) is 24.7 Å². The highest BCUT2D eigenvalue weighted by Crippen LogP contribution is 2.16. The largest absolute Gasteiger partial charge is 0.375 e. The van der Waals surface area contributed by atoms with Gasteiger partial charge in [-0.2, -0.15) is 0 Å². The fraction of sp³-hybridized carbons (Fsp3) is 0.462. The molecule has 1 aromatic rings. The van der Waals surface area contributed by atoms with Gasteiger partial charge < -0.3 is 15.4 Å². The summed E-state index contributed by atoms with van der Waals surface area (Å²) in [4.78, 5) is 12.3. The van der Waals surface area contributed by atoms with E-state index in [0.29, 0.717) is 18.8 Å². The number of nitrogens with one attached hydrogen (secondary N) is 2. The van der Waals surface area contributed by atoms with Gasteiger partial charge in [0.05, 0.1) is 17.6 Å². The summed E-state index contributed by atoms with van der Waals surface area (Å²) in [5.74, 6) is -0.233. The number of benzene rings is 1. The van der Waals surface area contributed by atoms with Crippen molar-refractivity contribution in [3.63, 3.8) is 0 Å². The van der Waals surface area contributed by atoms with Crippen LogP contribution < -0.4 is 10.6 Å². The van der Waals surface area contributed by atoms with Gasteiger partial charge in [-0.15, -0.1) is 0 Å². The van der Waals surface area contributed by atoms with Gasteiger partial charge in [-0.1, -0.05) is 6.07 Å². The van der Waals surface area contributed by atoms with Gasteiger partial charge in [0.1, 0.15) is 6.04 Å². The lowest BCUT2D eigenvalue weighted by molar-refractivity contribution is -0.123. The maximum absolute atomic E-state index is 12.1. The van der Waals surface area contributed by atoms with Gasteiger partial charge in [-0.3, -0.25) is 4.79 Å². The molecule has 2 rings (SSSR count). The van der Waals surface area contributed by atoms with Crippen LogP contribution in [0.5, 0.6) is 0 Å². The summed E-state index contributed by atoms with van der Waals surface area (Å²) >= 11 is 0. The molecule has 2 N–H and O–H groups in total. The number of hydrogen-bond donors (Lipinski definition) is 2. The molecule has 0 unspecified atom stereocenters. The molecule has 0 spiro atoms. The zero-order valence-electron chi connectivity index (χ0n) is 11.4. The van der Waals surface area contributed by atoms with Crippen molar-refractivity contribution in [3.05, 3.63) is 24.3 Å². The first-order chi connectivity index (χ1) is 9.38. The van der Waals surface area contributed by atoms with Crippen LogP contribution in [0.1, 0.15) is 6.92 Å². The van der Waals surface area contributed by atoms with Crippen molar-refractivity contribution in [3.8, 4) is 0 Å². The van der Waals surface area contributed by atoms with E-state index in [9.17, 15) is 13.2 Å². The Morgan fingerprint density at radius 3 is 2.85 bits per heavy atom. The van der Waals surface area contributed by atoms with Gasteiger partial charge in [0.15, 0.2) is 9.84 Å². The Labute approximate surface area is 118 Å². The van der Waals surface area contributed by atoms with Crippen molar-refractivity contribution in [1.82, 2.24) is 5.32 Å². The van der Waals surface area contributed by atoms with Crippen LogP contribution >= 0.6 is 0 Å². The Morgan fingerprint density at radius 1 is 1.45 bits per heavy atom.